The van der Waals surface area contributed by atoms with Crippen LogP contribution in [0.4, 0.5) is 5.69 Å². The summed E-state index contributed by atoms with van der Waals surface area (Å²) in [6.45, 7) is 5.42. The summed E-state index contributed by atoms with van der Waals surface area (Å²) in [5.74, 6) is -0.406. The average molecular weight is 245 g/mol. The molecule has 0 aliphatic carbocycles. The van der Waals surface area contributed by atoms with Crippen molar-refractivity contribution in [3.05, 3.63) is 46.3 Å². The smallest absolute Gasteiger partial charge is 0.331 e. The SMILES string of the molecule is CC(C)(C)OC(=O)/C=C/c1cccc(N=[N+]=[N-])c1. The zero-order valence-electron chi connectivity index (χ0n) is 10.6. The van der Waals surface area contributed by atoms with Crippen LogP contribution in [0, 0.1) is 0 Å². The van der Waals surface area contributed by atoms with Gasteiger partial charge in [-0.25, -0.2) is 4.79 Å². The van der Waals surface area contributed by atoms with E-state index in [-0.39, 0.29) is 0 Å². The van der Waals surface area contributed by atoms with E-state index in [2.05, 4.69) is 10.0 Å². The molecule has 0 spiro atoms. The van der Waals surface area contributed by atoms with Crippen LogP contribution in [0.2, 0.25) is 0 Å². The lowest BCUT2D eigenvalue weighted by atomic mass is 10.2. The molecule has 18 heavy (non-hydrogen) atoms. The number of carbonyl (C=O) groups is 1. The van der Waals surface area contributed by atoms with Crippen LogP contribution >= 0.6 is 0 Å². The summed E-state index contributed by atoms with van der Waals surface area (Å²) in [7, 11) is 0. The van der Waals surface area contributed by atoms with Gasteiger partial charge in [0.25, 0.3) is 0 Å². The van der Waals surface area contributed by atoms with Gasteiger partial charge in [0.15, 0.2) is 0 Å². The highest BCUT2D eigenvalue weighted by Gasteiger charge is 2.13. The number of carbonyl (C=O) groups excluding carboxylic acids is 1. The monoisotopic (exact) mass is 245 g/mol. The van der Waals surface area contributed by atoms with Crippen LogP contribution in [0.15, 0.2) is 35.5 Å². The molecule has 1 rings (SSSR count). The fraction of sp³-hybridized carbons (Fsp3) is 0.308. The Morgan fingerprint density at radius 3 is 2.78 bits per heavy atom. The Labute approximate surface area is 106 Å². The van der Waals surface area contributed by atoms with Crippen LogP contribution in [-0.4, -0.2) is 11.6 Å². The minimum absolute atomic E-state index is 0.406. The van der Waals surface area contributed by atoms with Crippen LogP contribution in [0.3, 0.4) is 0 Å². The maximum atomic E-state index is 11.5. The number of nitrogens with zero attached hydrogens (tertiary/aromatic N) is 3. The zero-order valence-corrected chi connectivity index (χ0v) is 10.6. The topological polar surface area (TPSA) is 75.1 Å². The molecule has 0 N–H and O–H groups in total. The van der Waals surface area contributed by atoms with Gasteiger partial charge in [0.1, 0.15) is 5.60 Å². The lowest BCUT2D eigenvalue weighted by Gasteiger charge is -2.17. The van der Waals surface area contributed by atoms with Gasteiger partial charge in [0, 0.05) is 16.7 Å². The molecule has 1 aromatic rings. The Kier molecular flexibility index (Phi) is 4.52. The second-order valence-electron chi connectivity index (χ2n) is 4.65. The van der Waals surface area contributed by atoms with Gasteiger partial charge in [-0.2, -0.15) is 0 Å². The van der Waals surface area contributed by atoms with Gasteiger partial charge >= 0.3 is 5.97 Å². The molecular formula is C13H15N3O2. The van der Waals surface area contributed by atoms with Crippen molar-refractivity contribution < 1.29 is 9.53 Å². The number of ether oxygens (including phenoxy) is 1. The molecule has 0 heterocycles. The molecule has 0 aliphatic heterocycles. The van der Waals surface area contributed by atoms with Crippen molar-refractivity contribution in [2.45, 2.75) is 26.4 Å². The first kappa shape index (κ1) is 13.8. The number of esters is 1. The van der Waals surface area contributed by atoms with Gasteiger partial charge in [-0.3, -0.25) is 0 Å². The Morgan fingerprint density at radius 2 is 2.17 bits per heavy atom. The number of hydrogen-bond acceptors (Lipinski definition) is 3. The highest BCUT2D eigenvalue weighted by molar-refractivity contribution is 5.87. The highest BCUT2D eigenvalue weighted by Crippen LogP contribution is 2.15. The fourth-order valence-corrected chi connectivity index (χ4v) is 1.24. The van der Waals surface area contributed by atoms with Gasteiger partial charge in [-0.1, -0.05) is 23.3 Å². The second kappa shape index (κ2) is 5.89. The standard InChI is InChI=1S/C13H15N3O2/c1-13(2,3)18-12(17)8-7-10-5-4-6-11(9-10)15-16-14/h4-9H,1-3H3/b8-7+. The largest absolute Gasteiger partial charge is 0.457 e. The highest BCUT2D eigenvalue weighted by atomic mass is 16.6. The number of hydrogen-bond donors (Lipinski definition) is 0. The van der Waals surface area contributed by atoms with Crippen molar-refractivity contribution in [2.75, 3.05) is 0 Å². The van der Waals surface area contributed by atoms with Crippen molar-refractivity contribution in [1.82, 2.24) is 0 Å². The zero-order chi connectivity index (χ0) is 13.6. The first-order valence-electron chi connectivity index (χ1n) is 5.47. The van der Waals surface area contributed by atoms with E-state index in [9.17, 15) is 4.79 Å². The maximum absolute atomic E-state index is 11.5. The minimum Gasteiger partial charge on any atom is -0.457 e. The second-order valence-corrected chi connectivity index (χ2v) is 4.65. The third kappa shape index (κ3) is 5.18. The van der Waals surface area contributed by atoms with E-state index in [0.29, 0.717) is 5.69 Å². The summed E-state index contributed by atoms with van der Waals surface area (Å²) in [4.78, 5) is 14.2. The Morgan fingerprint density at radius 1 is 1.44 bits per heavy atom. The summed E-state index contributed by atoms with van der Waals surface area (Å²) in [5, 5.41) is 3.48. The van der Waals surface area contributed by atoms with Crippen LogP contribution < -0.4 is 0 Å². The lowest BCUT2D eigenvalue weighted by Crippen LogP contribution is -2.22. The number of rotatable bonds is 3. The maximum Gasteiger partial charge on any atom is 0.331 e. The van der Waals surface area contributed by atoms with E-state index in [0.717, 1.165) is 5.56 Å². The third-order valence-corrected chi connectivity index (χ3v) is 1.85. The predicted octanol–water partition coefficient (Wildman–Crippen LogP) is 3.98. The van der Waals surface area contributed by atoms with E-state index in [1.807, 2.05) is 0 Å². The summed E-state index contributed by atoms with van der Waals surface area (Å²) in [5.41, 5.74) is 9.09. The molecule has 0 amide bonds. The molecule has 0 saturated heterocycles. The number of benzene rings is 1. The van der Waals surface area contributed by atoms with Crippen molar-refractivity contribution in [1.29, 1.82) is 0 Å². The van der Waals surface area contributed by atoms with Gasteiger partial charge in [0.05, 0.1) is 0 Å². The molecule has 0 fully saturated rings. The van der Waals surface area contributed by atoms with E-state index >= 15 is 0 Å². The molecule has 0 aliphatic rings. The molecule has 0 radical (unpaired) electrons. The molecular weight excluding hydrogens is 230 g/mol. The van der Waals surface area contributed by atoms with Crippen molar-refractivity contribution >= 4 is 17.7 Å². The van der Waals surface area contributed by atoms with Gasteiger partial charge in [-0.05, 0) is 44.0 Å². The first-order valence-corrected chi connectivity index (χ1v) is 5.47. The first-order chi connectivity index (χ1) is 8.40. The normalized spacial score (nSPS) is 11.1. The number of azide groups is 1. The van der Waals surface area contributed by atoms with E-state index < -0.39 is 11.6 Å². The van der Waals surface area contributed by atoms with Crippen LogP contribution in [0.25, 0.3) is 16.5 Å². The fourth-order valence-electron chi connectivity index (χ4n) is 1.24. The van der Waals surface area contributed by atoms with Crippen molar-refractivity contribution in [2.24, 2.45) is 5.11 Å². The Balaban J connectivity index is 2.75. The quantitative estimate of drug-likeness (QED) is 0.265. The molecule has 0 bridgehead atoms. The Hall–Kier alpha value is -2.26. The Bertz CT molecular complexity index is 509. The summed E-state index contributed by atoms with van der Waals surface area (Å²) >= 11 is 0. The third-order valence-electron chi connectivity index (χ3n) is 1.85. The molecule has 5 heteroatoms. The van der Waals surface area contributed by atoms with Gasteiger partial charge in [-0.15, -0.1) is 0 Å². The van der Waals surface area contributed by atoms with Crippen molar-refractivity contribution in [3.8, 4) is 0 Å². The van der Waals surface area contributed by atoms with Crippen molar-refractivity contribution in [3.63, 3.8) is 0 Å². The van der Waals surface area contributed by atoms with Crippen LogP contribution in [0.5, 0.6) is 0 Å². The van der Waals surface area contributed by atoms with E-state index in [1.54, 1.807) is 51.1 Å². The molecule has 1 aromatic carbocycles. The average Bonchev–Trinajstić information content (AvgIpc) is 2.25. The molecule has 0 saturated carbocycles. The lowest BCUT2D eigenvalue weighted by molar-refractivity contribution is -0.148. The van der Waals surface area contributed by atoms with Crippen LogP contribution in [-0.2, 0) is 9.53 Å². The van der Waals surface area contributed by atoms with E-state index in [1.165, 1.54) is 6.08 Å². The molecule has 0 aromatic heterocycles. The van der Waals surface area contributed by atoms with E-state index in [4.69, 9.17) is 10.3 Å². The molecule has 94 valence electrons. The summed E-state index contributed by atoms with van der Waals surface area (Å²) in [6, 6.07) is 6.92. The van der Waals surface area contributed by atoms with Gasteiger partial charge < -0.3 is 4.74 Å². The summed E-state index contributed by atoms with van der Waals surface area (Å²) < 4.78 is 5.13. The molecule has 0 atom stereocenters. The molecule has 5 nitrogen and oxygen atoms in total. The molecule has 0 unspecified atom stereocenters. The minimum atomic E-state index is -0.506. The predicted molar refractivity (Wildman–Crippen MR) is 70.1 cm³/mol. The van der Waals surface area contributed by atoms with Gasteiger partial charge in [0.2, 0.25) is 0 Å². The summed E-state index contributed by atoms with van der Waals surface area (Å²) in [6.07, 6.45) is 2.96. The van der Waals surface area contributed by atoms with Crippen LogP contribution in [0.1, 0.15) is 26.3 Å².